The Morgan fingerprint density at radius 1 is 1.00 bits per heavy atom. The number of rotatable bonds is 8. The molecule has 0 saturated carbocycles. The van der Waals surface area contributed by atoms with E-state index >= 15 is 0 Å². The molecule has 0 heterocycles. The molecular weight excluding hydrogens is 316 g/mol. The Morgan fingerprint density at radius 3 is 2.17 bits per heavy atom. The lowest BCUT2D eigenvalue weighted by Gasteiger charge is -2.07. The van der Waals surface area contributed by atoms with Crippen LogP contribution in [-0.4, -0.2) is 24.2 Å². The molecule has 0 atom stereocenters. The van der Waals surface area contributed by atoms with Crippen LogP contribution in [0.1, 0.15) is 16.7 Å². The molecule has 6 heteroatoms. The third-order valence-corrected chi connectivity index (χ3v) is 3.45. The lowest BCUT2D eigenvalue weighted by atomic mass is 10.1. The minimum absolute atomic E-state index is 0.0121. The maximum absolute atomic E-state index is 12.1. The molecule has 0 aliphatic carbocycles. The van der Waals surface area contributed by atoms with E-state index < -0.39 is 6.61 Å². The van der Waals surface area contributed by atoms with Crippen molar-refractivity contribution in [1.29, 1.82) is 0 Å². The van der Waals surface area contributed by atoms with Gasteiger partial charge >= 0.3 is 6.61 Å². The second kappa shape index (κ2) is 8.98. The van der Waals surface area contributed by atoms with Gasteiger partial charge in [0.2, 0.25) is 5.91 Å². The Hall–Kier alpha value is -2.47. The van der Waals surface area contributed by atoms with Crippen LogP contribution in [0.5, 0.6) is 5.75 Å². The molecule has 0 fully saturated rings. The smallest absolute Gasteiger partial charge is 0.387 e. The maximum Gasteiger partial charge on any atom is 0.387 e. The first kappa shape index (κ1) is 17.9. The Kier molecular flexibility index (Phi) is 6.69. The number of ether oxygens (including phenoxy) is 1. The molecule has 24 heavy (non-hydrogen) atoms. The summed E-state index contributed by atoms with van der Waals surface area (Å²) >= 11 is 0. The second-order valence-electron chi connectivity index (χ2n) is 5.27. The van der Waals surface area contributed by atoms with Gasteiger partial charge in [-0.2, -0.15) is 8.78 Å². The average Bonchev–Trinajstić information content (AvgIpc) is 2.57. The van der Waals surface area contributed by atoms with Gasteiger partial charge in [-0.1, -0.05) is 36.4 Å². The van der Waals surface area contributed by atoms with Crippen LogP contribution in [0.2, 0.25) is 0 Å². The molecule has 0 aromatic heterocycles. The highest BCUT2D eigenvalue weighted by molar-refractivity contribution is 5.78. The average molecular weight is 335 g/mol. The lowest BCUT2D eigenvalue weighted by molar-refractivity contribution is -0.120. The molecule has 0 bridgehead atoms. The molecule has 4 nitrogen and oxygen atoms in total. The van der Waals surface area contributed by atoms with Gasteiger partial charge in [-0.25, -0.2) is 0 Å². The predicted molar refractivity (Wildman–Crippen MR) is 85.9 cm³/mol. The molecule has 2 N–H and O–H groups in total. The minimum atomic E-state index is -2.86. The zero-order chi connectivity index (χ0) is 17.4. The van der Waals surface area contributed by atoms with Crippen molar-refractivity contribution in [2.75, 3.05) is 6.54 Å². The molecule has 2 aromatic rings. The Balaban J connectivity index is 1.74. The van der Waals surface area contributed by atoms with Gasteiger partial charge in [-0.15, -0.1) is 0 Å². The number of hydrogen-bond donors (Lipinski definition) is 2. The van der Waals surface area contributed by atoms with E-state index in [-0.39, 0.29) is 24.7 Å². The van der Waals surface area contributed by atoms with Gasteiger partial charge in [0.1, 0.15) is 5.75 Å². The molecular formula is C18H19F2NO3. The van der Waals surface area contributed by atoms with Crippen molar-refractivity contribution in [3.05, 3.63) is 65.2 Å². The van der Waals surface area contributed by atoms with Crippen molar-refractivity contribution < 1.29 is 23.4 Å². The number of benzene rings is 2. The summed E-state index contributed by atoms with van der Waals surface area (Å²) in [6.07, 6.45) is 0.872. The maximum atomic E-state index is 12.1. The van der Waals surface area contributed by atoms with Crippen LogP contribution in [0.15, 0.2) is 48.5 Å². The molecule has 0 aliphatic heterocycles. The van der Waals surface area contributed by atoms with E-state index in [1.165, 1.54) is 12.1 Å². The number of carbonyl (C=O) groups is 1. The summed E-state index contributed by atoms with van der Waals surface area (Å²) in [6.45, 7) is -2.34. The van der Waals surface area contributed by atoms with E-state index in [0.717, 1.165) is 16.7 Å². The highest BCUT2D eigenvalue weighted by Gasteiger charge is 2.06. The third kappa shape index (κ3) is 5.96. The SMILES string of the molecule is O=C(Cc1ccc(OC(F)F)cc1)NCCc1ccc(CO)cc1. The molecule has 128 valence electrons. The normalized spacial score (nSPS) is 10.7. The molecule has 0 spiro atoms. The number of aliphatic hydroxyl groups is 1. The van der Waals surface area contributed by atoms with Gasteiger partial charge in [0.05, 0.1) is 13.0 Å². The standard InChI is InChI=1S/C18H19F2NO3/c19-18(20)24-16-7-5-14(6-8-16)11-17(23)21-10-9-13-1-3-15(12-22)4-2-13/h1-8,18,22H,9-12H2,(H,21,23). The van der Waals surface area contributed by atoms with Crippen LogP contribution in [0.4, 0.5) is 8.78 Å². The van der Waals surface area contributed by atoms with Crippen molar-refractivity contribution >= 4 is 5.91 Å². The number of aliphatic hydroxyl groups excluding tert-OH is 1. The van der Waals surface area contributed by atoms with Gasteiger partial charge in [0.25, 0.3) is 0 Å². The first-order chi connectivity index (χ1) is 11.6. The third-order valence-electron chi connectivity index (χ3n) is 3.45. The number of hydrogen-bond acceptors (Lipinski definition) is 3. The number of nitrogens with one attached hydrogen (secondary N) is 1. The summed E-state index contributed by atoms with van der Waals surface area (Å²) in [5.74, 6) is -0.0648. The number of halogens is 2. The van der Waals surface area contributed by atoms with Crippen LogP contribution in [0.3, 0.4) is 0 Å². The van der Waals surface area contributed by atoms with E-state index in [4.69, 9.17) is 5.11 Å². The Morgan fingerprint density at radius 2 is 1.58 bits per heavy atom. The fourth-order valence-corrected chi connectivity index (χ4v) is 2.19. The summed E-state index contributed by atoms with van der Waals surface area (Å²) in [4.78, 5) is 11.9. The van der Waals surface area contributed by atoms with Crippen LogP contribution >= 0.6 is 0 Å². The summed E-state index contributed by atoms with van der Waals surface area (Å²) in [6, 6.07) is 13.5. The number of amides is 1. The van der Waals surface area contributed by atoms with Gasteiger partial charge in [0, 0.05) is 6.54 Å². The van der Waals surface area contributed by atoms with Gasteiger partial charge < -0.3 is 15.2 Å². The zero-order valence-electron chi connectivity index (χ0n) is 13.0. The van der Waals surface area contributed by atoms with Gasteiger partial charge in [-0.3, -0.25) is 4.79 Å². The molecule has 1 amide bonds. The van der Waals surface area contributed by atoms with Crippen molar-refractivity contribution in [3.8, 4) is 5.75 Å². The summed E-state index contributed by atoms with van der Waals surface area (Å²) < 4.78 is 28.4. The zero-order valence-corrected chi connectivity index (χ0v) is 13.0. The topological polar surface area (TPSA) is 58.6 Å². The Bertz CT molecular complexity index is 642. The monoisotopic (exact) mass is 335 g/mol. The summed E-state index contributed by atoms with van der Waals surface area (Å²) in [5, 5.41) is 11.8. The fraction of sp³-hybridized carbons (Fsp3) is 0.278. The minimum Gasteiger partial charge on any atom is -0.435 e. The first-order valence-electron chi connectivity index (χ1n) is 7.56. The quantitative estimate of drug-likeness (QED) is 0.780. The lowest BCUT2D eigenvalue weighted by Crippen LogP contribution is -2.27. The van der Waals surface area contributed by atoms with Crippen molar-refractivity contribution in [1.82, 2.24) is 5.32 Å². The van der Waals surface area contributed by atoms with E-state index in [1.54, 1.807) is 12.1 Å². The van der Waals surface area contributed by atoms with E-state index in [1.807, 2.05) is 24.3 Å². The highest BCUT2D eigenvalue weighted by atomic mass is 19.3. The van der Waals surface area contributed by atoms with Gasteiger partial charge in [-0.05, 0) is 35.2 Å². The molecule has 0 radical (unpaired) electrons. The molecule has 0 unspecified atom stereocenters. The van der Waals surface area contributed by atoms with Crippen LogP contribution < -0.4 is 10.1 Å². The molecule has 2 aromatic carbocycles. The number of alkyl halides is 2. The summed E-state index contributed by atoms with van der Waals surface area (Å²) in [7, 11) is 0. The highest BCUT2D eigenvalue weighted by Crippen LogP contribution is 2.15. The second-order valence-corrected chi connectivity index (χ2v) is 5.27. The van der Waals surface area contributed by atoms with Crippen LogP contribution in [-0.2, 0) is 24.2 Å². The van der Waals surface area contributed by atoms with Crippen LogP contribution in [0.25, 0.3) is 0 Å². The van der Waals surface area contributed by atoms with Gasteiger partial charge in [0.15, 0.2) is 0 Å². The van der Waals surface area contributed by atoms with Crippen molar-refractivity contribution in [3.63, 3.8) is 0 Å². The largest absolute Gasteiger partial charge is 0.435 e. The molecule has 2 rings (SSSR count). The van der Waals surface area contributed by atoms with Crippen molar-refractivity contribution in [2.45, 2.75) is 26.1 Å². The fourth-order valence-electron chi connectivity index (χ4n) is 2.19. The number of carbonyl (C=O) groups excluding carboxylic acids is 1. The predicted octanol–water partition coefficient (Wildman–Crippen LogP) is 2.68. The molecule has 0 aliphatic rings. The first-order valence-corrected chi connectivity index (χ1v) is 7.56. The van der Waals surface area contributed by atoms with E-state index in [0.29, 0.717) is 13.0 Å². The Labute approximate surface area is 139 Å². The van der Waals surface area contributed by atoms with Crippen LogP contribution in [0, 0.1) is 0 Å². The molecule has 0 saturated heterocycles. The van der Waals surface area contributed by atoms with E-state index in [9.17, 15) is 13.6 Å². The van der Waals surface area contributed by atoms with E-state index in [2.05, 4.69) is 10.1 Å². The summed E-state index contributed by atoms with van der Waals surface area (Å²) in [5.41, 5.74) is 2.64. The van der Waals surface area contributed by atoms with Crippen molar-refractivity contribution in [2.24, 2.45) is 0 Å².